The number of halogens is 1. The van der Waals surface area contributed by atoms with Crippen LogP contribution in [0.2, 0.25) is 5.02 Å². The second-order valence-corrected chi connectivity index (χ2v) is 7.19. The zero-order chi connectivity index (χ0) is 18.6. The Labute approximate surface area is 163 Å². The van der Waals surface area contributed by atoms with Crippen LogP contribution in [0.5, 0.6) is 0 Å². The van der Waals surface area contributed by atoms with Gasteiger partial charge in [-0.25, -0.2) is 9.31 Å². The highest BCUT2D eigenvalue weighted by Gasteiger charge is 2.21. The molecule has 4 rings (SSSR count). The van der Waals surface area contributed by atoms with Crippen LogP contribution in [0.25, 0.3) is 5.52 Å². The van der Waals surface area contributed by atoms with E-state index in [0.717, 1.165) is 49.5 Å². The highest BCUT2D eigenvalue weighted by molar-refractivity contribution is 6.30. The summed E-state index contributed by atoms with van der Waals surface area (Å²) in [5, 5.41) is 8.28. The molecular formula is C20H22ClN5O. The molecular weight excluding hydrogens is 362 g/mol. The third-order valence-corrected chi connectivity index (χ3v) is 5.07. The van der Waals surface area contributed by atoms with E-state index >= 15 is 0 Å². The molecule has 2 amide bonds. The van der Waals surface area contributed by atoms with Crippen molar-refractivity contribution in [3.05, 3.63) is 71.0 Å². The van der Waals surface area contributed by atoms with Gasteiger partial charge in [0.1, 0.15) is 0 Å². The van der Waals surface area contributed by atoms with E-state index in [0.29, 0.717) is 11.6 Å². The number of piperazine rings is 1. The third kappa shape index (κ3) is 4.40. The van der Waals surface area contributed by atoms with E-state index in [1.807, 2.05) is 52.0 Å². The molecule has 3 aromatic rings. The Balaban J connectivity index is 1.25. The summed E-state index contributed by atoms with van der Waals surface area (Å²) in [6.45, 7) is 4.46. The van der Waals surface area contributed by atoms with Gasteiger partial charge in [-0.2, -0.15) is 5.10 Å². The second-order valence-electron chi connectivity index (χ2n) is 6.75. The SMILES string of the molecule is O=C(NCc1ccc(Cl)cc1)N1CCN(Cc2cc3ccccn3n2)CC1. The van der Waals surface area contributed by atoms with E-state index in [-0.39, 0.29) is 6.03 Å². The van der Waals surface area contributed by atoms with Gasteiger partial charge in [-0.05, 0) is 35.9 Å². The van der Waals surface area contributed by atoms with Crippen LogP contribution < -0.4 is 5.32 Å². The first-order valence-corrected chi connectivity index (χ1v) is 9.48. The van der Waals surface area contributed by atoms with Crippen molar-refractivity contribution in [2.45, 2.75) is 13.1 Å². The molecule has 0 bridgehead atoms. The number of rotatable bonds is 4. The quantitative estimate of drug-likeness (QED) is 0.753. The van der Waals surface area contributed by atoms with Crippen molar-refractivity contribution in [3.8, 4) is 0 Å². The maximum atomic E-state index is 12.4. The summed E-state index contributed by atoms with van der Waals surface area (Å²) >= 11 is 5.88. The van der Waals surface area contributed by atoms with Crippen molar-refractivity contribution in [1.82, 2.24) is 24.7 Å². The predicted molar refractivity (Wildman–Crippen MR) is 106 cm³/mol. The van der Waals surface area contributed by atoms with Crippen molar-refractivity contribution in [2.75, 3.05) is 26.2 Å². The molecule has 0 aliphatic carbocycles. The summed E-state index contributed by atoms with van der Waals surface area (Å²) in [6, 6.07) is 15.7. The van der Waals surface area contributed by atoms with Crippen molar-refractivity contribution in [1.29, 1.82) is 0 Å². The fourth-order valence-corrected chi connectivity index (χ4v) is 3.42. The number of benzene rings is 1. The van der Waals surface area contributed by atoms with Gasteiger partial charge >= 0.3 is 6.03 Å². The van der Waals surface area contributed by atoms with E-state index in [9.17, 15) is 4.79 Å². The molecule has 1 aromatic carbocycles. The lowest BCUT2D eigenvalue weighted by Gasteiger charge is -2.34. The van der Waals surface area contributed by atoms with Crippen molar-refractivity contribution >= 4 is 23.1 Å². The monoisotopic (exact) mass is 383 g/mol. The van der Waals surface area contributed by atoms with Crippen LogP contribution >= 0.6 is 11.6 Å². The third-order valence-electron chi connectivity index (χ3n) is 4.82. The molecule has 0 spiro atoms. The zero-order valence-electron chi connectivity index (χ0n) is 15.0. The summed E-state index contributed by atoms with van der Waals surface area (Å²) in [7, 11) is 0. The Hall–Kier alpha value is -2.57. The molecule has 1 saturated heterocycles. The zero-order valence-corrected chi connectivity index (χ0v) is 15.8. The Morgan fingerprint density at radius 1 is 1.07 bits per heavy atom. The van der Waals surface area contributed by atoms with Gasteiger partial charge in [0.25, 0.3) is 0 Å². The topological polar surface area (TPSA) is 52.9 Å². The van der Waals surface area contributed by atoms with Gasteiger partial charge < -0.3 is 10.2 Å². The molecule has 1 aliphatic rings. The maximum absolute atomic E-state index is 12.4. The lowest BCUT2D eigenvalue weighted by Crippen LogP contribution is -2.51. The van der Waals surface area contributed by atoms with Crippen LogP contribution in [0.3, 0.4) is 0 Å². The molecule has 0 unspecified atom stereocenters. The van der Waals surface area contributed by atoms with Crippen LogP contribution in [0, 0.1) is 0 Å². The van der Waals surface area contributed by atoms with Gasteiger partial charge in [0.05, 0.1) is 11.2 Å². The largest absolute Gasteiger partial charge is 0.334 e. The number of amides is 2. The molecule has 6 nitrogen and oxygen atoms in total. The molecule has 7 heteroatoms. The lowest BCUT2D eigenvalue weighted by molar-refractivity contribution is 0.134. The van der Waals surface area contributed by atoms with E-state index in [2.05, 4.69) is 27.4 Å². The standard InChI is InChI=1S/C20H22ClN5O/c21-17-6-4-16(5-7-17)14-22-20(27)25-11-9-24(10-12-25)15-18-13-19-3-1-2-8-26(19)23-18/h1-8,13H,9-12,14-15H2,(H,22,27). The number of aromatic nitrogens is 2. The average molecular weight is 384 g/mol. The summed E-state index contributed by atoms with van der Waals surface area (Å²) in [6.07, 6.45) is 1.96. The van der Waals surface area contributed by atoms with Gasteiger partial charge in [-0.1, -0.05) is 29.8 Å². The summed E-state index contributed by atoms with van der Waals surface area (Å²) in [5.41, 5.74) is 3.20. The number of nitrogens with zero attached hydrogens (tertiary/aromatic N) is 4. The fourth-order valence-electron chi connectivity index (χ4n) is 3.30. The molecule has 1 fully saturated rings. The number of carbonyl (C=O) groups is 1. The van der Waals surface area contributed by atoms with E-state index < -0.39 is 0 Å². The van der Waals surface area contributed by atoms with Crippen LogP contribution in [-0.4, -0.2) is 51.6 Å². The Kier molecular flexibility index (Phi) is 5.27. The molecule has 1 N–H and O–H groups in total. The number of nitrogens with one attached hydrogen (secondary N) is 1. The normalized spacial score (nSPS) is 15.2. The first kappa shape index (κ1) is 17.8. The van der Waals surface area contributed by atoms with Crippen molar-refractivity contribution in [2.24, 2.45) is 0 Å². The number of carbonyl (C=O) groups excluding carboxylic acids is 1. The highest BCUT2D eigenvalue weighted by atomic mass is 35.5. The predicted octanol–water partition coefficient (Wildman–Crippen LogP) is 3.02. The smallest absolute Gasteiger partial charge is 0.317 e. The Morgan fingerprint density at radius 2 is 1.85 bits per heavy atom. The van der Waals surface area contributed by atoms with Crippen molar-refractivity contribution in [3.63, 3.8) is 0 Å². The lowest BCUT2D eigenvalue weighted by atomic mass is 10.2. The molecule has 3 heterocycles. The van der Waals surface area contributed by atoms with Gasteiger partial charge in [0, 0.05) is 50.5 Å². The van der Waals surface area contributed by atoms with Crippen LogP contribution in [0.15, 0.2) is 54.7 Å². The Bertz CT molecular complexity index is 883. The summed E-state index contributed by atoms with van der Waals surface area (Å²) in [5.74, 6) is 0. The highest BCUT2D eigenvalue weighted by Crippen LogP contribution is 2.12. The van der Waals surface area contributed by atoms with Crippen LogP contribution in [0.4, 0.5) is 4.79 Å². The van der Waals surface area contributed by atoms with Gasteiger partial charge in [0.2, 0.25) is 0 Å². The number of fused-ring (bicyclic) bond motifs is 1. The molecule has 2 aromatic heterocycles. The summed E-state index contributed by atoms with van der Waals surface area (Å²) in [4.78, 5) is 16.6. The van der Waals surface area contributed by atoms with Crippen molar-refractivity contribution < 1.29 is 4.79 Å². The first-order chi connectivity index (χ1) is 13.2. The molecule has 27 heavy (non-hydrogen) atoms. The van der Waals surface area contributed by atoms with Gasteiger partial charge in [-0.15, -0.1) is 0 Å². The molecule has 1 aliphatic heterocycles. The minimum Gasteiger partial charge on any atom is -0.334 e. The van der Waals surface area contributed by atoms with Gasteiger partial charge in [0.15, 0.2) is 0 Å². The minimum atomic E-state index is -0.0164. The number of urea groups is 1. The number of hydrogen-bond acceptors (Lipinski definition) is 3. The van der Waals surface area contributed by atoms with Gasteiger partial charge in [-0.3, -0.25) is 4.90 Å². The average Bonchev–Trinajstić information content (AvgIpc) is 3.10. The molecule has 0 saturated carbocycles. The molecule has 0 atom stereocenters. The number of pyridine rings is 1. The van der Waals surface area contributed by atoms with Crippen LogP contribution in [-0.2, 0) is 13.1 Å². The van der Waals surface area contributed by atoms with Crippen LogP contribution in [0.1, 0.15) is 11.3 Å². The van der Waals surface area contributed by atoms with E-state index in [4.69, 9.17) is 11.6 Å². The maximum Gasteiger partial charge on any atom is 0.317 e. The minimum absolute atomic E-state index is 0.0164. The molecule has 140 valence electrons. The summed E-state index contributed by atoms with van der Waals surface area (Å²) < 4.78 is 1.90. The van der Waals surface area contributed by atoms with E-state index in [1.54, 1.807) is 0 Å². The Morgan fingerprint density at radius 3 is 2.59 bits per heavy atom. The fraction of sp³-hybridized carbons (Fsp3) is 0.300. The number of hydrogen-bond donors (Lipinski definition) is 1. The second kappa shape index (κ2) is 7.98. The first-order valence-electron chi connectivity index (χ1n) is 9.10. The molecule has 0 radical (unpaired) electrons. The van der Waals surface area contributed by atoms with E-state index in [1.165, 1.54) is 0 Å².